The minimum atomic E-state index is 0.151. The van der Waals surface area contributed by atoms with Gasteiger partial charge in [-0.25, -0.2) is 0 Å². The number of carbonyl (C=O) groups is 2. The van der Waals surface area contributed by atoms with Crippen LogP contribution in [0.1, 0.15) is 36.6 Å². The van der Waals surface area contributed by atoms with E-state index in [1.165, 1.54) is 9.77 Å². The summed E-state index contributed by atoms with van der Waals surface area (Å²) in [6, 6.07) is 12.5. The van der Waals surface area contributed by atoms with Crippen LogP contribution in [-0.4, -0.2) is 53.0 Å². The van der Waals surface area contributed by atoms with Crippen molar-refractivity contribution in [3.63, 3.8) is 0 Å². The summed E-state index contributed by atoms with van der Waals surface area (Å²) in [5.41, 5.74) is 1.05. The lowest BCUT2D eigenvalue weighted by molar-refractivity contribution is -0.140. The summed E-state index contributed by atoms with van der Waals surface area (Å²) in [6.07, 6.45) is 1.41. The number of hydrogen-bond donors (Lipinski definition) is 0. The SMILES string of the molecule is CC(C)Sc1ccc(CC(=O)N2CCN(C(=O)[C@@H]3CC3c3cccs3)CC2)cc1. The first-order valence-corrected chi connectivity index (χ1v) is 12.1. The van der Waals surface area contributed by atoms with Gasteiger partial charge in [0.25, 0.3) is 0 Å². The molecule has 1 aromatic heterocycles. The summed E-state index contributed by atoms with van der Waals surface area (Å²) >= 11 is 3.58. The van der Waals surface area contributed by atoms with E-state index in [1.54, 1.807) is 11.3 Å². The van der Waals surface area contributed by atoms with Gasteiger partial charge in [-0.3, -0.25) is 9.59 Å². The van der Waals surface area contributed by atoms with E-state index < -0.39 is 0 Å². The van der Waals surface area contributed by atoms with Gasteiger partial charge >= 0.3 is 0 Å². The van der Waals surface area contributed by atoms with Crippen molar-refractivity contribution in [2.45, 2.75) is 42.8 Å². The van der Waals surface area contributed by atoms with Gasteiger partial charge in [0.05, 0.1) is 6.42 Å². The molecule has 6 heteroatoms. The second kappa shape index (κ2) is 8.92. The highest BCUT2D eigenvalue weighted by Crippen LogP contribution is 2.50. The van der Waals surface area contributed by atoms with Crippen LogP contribution in [0.3, 0.4) is 0 Å². The average molecular weight is 429 g/mol. The fourth-order valence-electron chi connectivity index (χ4n) is 3.94. The molecule has 0 spiro atoms. The number of carbonyl (C=O) groups excluding carboxylic acids is 2. The molecule has 2 amide bonds. The fraction of sp³-hybridized carbons (Fsp3) is 0.478. The van der Waals surface area contributed by atoms with Gasteiger partial charge < -0.3 is 9.80 Å². The van der Waals surface area contributed by atoms with Gasteiger partial charge in [-0.05, 0) is 35.6 Å². The quantitative estimate of drug-likeness (QED) is 0.646. The van der Waals surface area contributed by atoms with Crippen LogP contribution in [0.5, 0.6) is 0 Å². The lowest BCUT2D eigenvalue weighted by Gasteiger charge is -2.35. The Balaban J connectivity index is 1.24. The molecule has 1 saturated carbocycles. The van der Waals surface area contributed by atoms with Gasteiger partial charge in [0.15, 0.2) is 0 Å². The van der Waals surface area contributed by atoms with Crippen molar-refractivity contribution in [2.24, 2.45) is 5.92 Å². The topological polar surface area (TPSA) is 40.6 Å². The van der Waals surface area contributed by atoms with Gasteiger partial charge in [0.2, 0.25) is 11.8 Å². The molecule has 2 aromatic rings. The molecular weight excluding hydrogens is 400 g/mol. The van der Waals surface area contributed by atoms with E-state index in [1.807, 2.05) is 21.6 Å². The summed E-state index contributed by atoms with van der Waals surface area (Å²) in [5, 5.41) is 2.63. The number of thiophene rings is 1. The molecule has 1 saturated heterocycles. The van der Waals surface area contributed by atoms with Gasteiger partial charge in [0.1, 0.15) is 0 Å². The van der Waals surface area contributed by atoms with Gasteiger partial charge in [-0.15, -0.1) is 23.1 Å². The van der Waals surface area contributed by atoms with Crippen LogP contribution < -0.4 is 0 Å². The summed E-state index contributed by atoms with van der Waals surface area (Å²) in [5.74, 6) is 0.995. The van der Waals surface area contributed by atoms with E-state index in [2.05, 4.69) is 55.6 Å². The first kappa shape index (κ1) is 20.5. The van der Waals surface area contributed by atoms with Crippen molar-refractivity contribution in [1.29, 1.82) is 0 Å². The highest BCUT2D eigenvalue weighted by Gasteiger charge is 2.46. The maximum atomic E-state index is 12.8. The van der Waals surface area contributed by atoms with Crippen LogP contribution in [0.4, 0.5) is 0 Å². The summed E-state index contributed by atoms with van der Waals surface area (Å²) < 4.78 is 0. The number of benzene rings is 1. The van der Waals surface area contributed by atoms with E-state index in [4.69, 9.17) is 0 Å². The van der Waals surface area contributed by atoms with E-state index in [0.29, 0.717) is 43.8 Å². The molecule has 2 fully saturated rings. The Morgan fingerprint density at radius 1 is 1.07 bits per heavy atom. The van der Waals surface area contributed by atoms with E-state index in [0.717, 1.165) is 12.0 Å². The van der Waals surface area contributed by atoms with Gasteiger partial charge in [0, 0.05) is 53.0 Å². The highest BCUT2D eigenvalue weighted by atomic mass is 32.2. The number of rotatable bonds is 6. The minimum Gasteiger partial charge on any atom is -0.339 e. The monoisotopic (exact) mass is 428 g/mol. The van der Waals surface area contributed by atoms with Crippen molar-refractivity contribution in [1.82, 2.24) is 9.80 Å². The third-order valence-electron chi connectivity index (χ3n) is 5.61. The van der Waals surface area contributed by atoms with Crippen LogP contribution in [0.15, 0.2) is 46.7 Å². The molecule has 0 radical (unpaired) electrons. The molecule has 29 heavy (non-hydrogen) atoms. The molecule has 1 unspecified atom stereocenters. The first-order chi connectivity index (χ1) is 14.0. The summed E-state index contributed by atoms with van der Waals surface area (Å²) in [4.78, 5) is 31.9. The van der Waals surface area contributed by atoms with E-state index in [-0.39, 0.29) is 17.7 Å². The Morgan fingerprint density at radius 2 is 1.76 bits per heavy atom. The van der Waals surface area contributed by atoms with Crippen molar-refractivity contribution in [3.05, 3.63) is 52.2 Å². The van der Waals surface area contributed by atoms with Gasteiger partial charge in [-0.2, -0.15) is 0 Å². The smallest absolute Gasteiger partial charge is 0.227 e. The molecule has 0 N–H and O–H groups in total. The molecule has 4 nitrogen and oxygen atoms in total. The maximum absolute atomic E-state index is 12.8. The standard InChI is InChI=1S/C23H28N2O2S2/c1-16(2)29-18-7-5-17(6-8-18)14-22(26)24-9-11-25(12-10-24)23(27)20-15-19(20)21-4-3-13-28-21/h3-8,13,16,19-20H,9-12,14-15H2,1-2H3/t19?,20-/m1/s1. The molecule has 154 valence electrons. The van der Waals surface area contributed by atoms with Crippen molar-refractivity contribution >= 4 is 34.9 Å². The number of hydrogen-bond acceptors (Lipinski definition) is 4. The third kappa shape index (κ3) is 5.04. The number of nitrogens with zero attached hydrogens (tertiary/aromatic N) is 2. The largest absolute Gasteiger partial charge is 0.339 e. The zero-order chi connectivity index (χ0) is 20.4. The number of amides is 2. The first-order valence-electron chi connectivity index (χ1n) is 10.4. The Kier molecular flexibility index (Phi) is 6.30. The fourth-order valence-corrected chi connectivity index (χ4v) is 5.68. The predicted octanol–water partition coefficient (Wildman–Crippen LogP) is 4.27. The normalized spacial score (nSPS) is 21.5. The van der Waals surface area contributed by atoms with Crippen molar-refractivity contribution in [3.8, 4) is 0 Å². The molecular formula is C23H28N2O2S2. The average Bonchev–Trinajstić information content (AvgIpc) is 3.33. The molecule has 2 heterocycles. The van der Waals surface area contributed by atoms with Crippen molar-refractivity contribution < 1.29 is 9.59 Å². The third-order valence-corrected chi connectivity index (χ3v) is 7.63. The summed E-state index contributed by atoms with van der Waals surface area (Å²) in [7, 11) is 0. The Bertz CT molecular complexity index is 840. The zero-order valence-electron chi connectivity index (χ0n) is 17.0. The highest BCUT2D eigenvalue weighted by molar-refractivity contribution is 7.99. The molecule has 1 aliphatic carbocycles. The van der Waals surface area contributed by atoms with Crippen molar-refractivity contribution in [2.75, 3.05) is 26.2 Å². The lowest BCUT2D eigenvalue weighted by Crippen LogP contribution is -2.51. The molecule has 1 aliphatic heterocycles. The van der Waals surface area contributed by atoms with Crippen LogP contribution in [-0.2, 0) is 16.0 Å². The Morgan fingerprint density at radius 3 is 2.38 bits per heavy atom. The summed E-state index contributed by atoms with van der Waals surface area (Å²) in [6.45, 7) is 6.95. The van der Waals surface area contributed by atoms with E-state index >= 15 is 0 Å². The second-order valence-corrected chi connectivity index (χ2v) is 10.8. The van der Waals surface area contributed by atoms with E-state index in [9.17, 15) is 9.59 Å². The Hall–Kier alpha value is -1.79. The van der Waals surface area contributed by atoms with Crippen LogP contribution in [0.2, 0.25) is 0 Å². The molecule has 0 bridgehead atoms. The predicted molar refractivity (Wildman–Crippen MR) is 119 cm³/mol. The van der Waals surface area contributed by atoms with Crippen LogP contribution >= 0.6 is 23.1 Å². The zero-order valence-corrected chi connectivity index (χ0v) is 18.7. The van der Waals surface area contributed by atoms with Crippen LogP contribution in [0, 0.1) is 5.92 Å². The molecule has 4 rings (SSSR count). The Labute approximate surface area is 181 Å². The van der Waals surface area contributed by atoms with Crippen LogP contribution in [0.25, 0.3) is 0 Å². The second-order valence-electron chi connectivity index (χ2n) is 8.16. The number of piperazine rings is 1. The molecule has 2 aliphatic rings. The lowest BCUT2D eigenvalue weighted by atomic mass is 10.1. The molecule has 1 aromatic carbocycles. The van der Waals surface area contributed by atoms with Gasteiger partial charge in [-0.1, -0.05) is 32.0 Å². The molecule has 2 atom stereocenters. The maximum Gasteiger partial charge on any atom is 0.227 e. The minimum absolute atomic E-state index is 0.151. The number of thioether (sulfide) groups is 1.